The van der Waals surface area contributed by atoms with Crippen LogP contribution in [0.25, 0.3) is 0 Å². The fraction of sp³-hybridized carbons (Fsp3) is 0.357. The standard InChI is InChI=1S/C28H32N4O6/c1-16-17(15-32(3)31-16)23-24(26(34)29-18-10-6-8-12-21(18)37-4)20(33)14-28(2,36)25(23)27(35)30-19-11-7-9-13-22(19)38-5/h6-13,15,23-25,36H,14H2,1-5H3,(H,29,34)(H,30,35)/t23-,24+,25-,28+/m0/s1. The van der Waals surface area contributed by atoms with Crippen LogP contribution in [-0.4, -0.2) is 52.3 Å². The average Bonchev–Trinajstić information content (AvgIpc) is 3.20. The Labute approximate surface area is 220 Å². The largest absolute Gasteiger partial charge is 0.495 e. The van der Waals surface area contributed by atoms with Gasteiger partial charge in [0.25, 0.3) is 0 Å². The zero-order chi connectivity index (χ0) is 27.6. The Balaban J connectivity index is 1.80. The van der Waals surface area contributed by atoms with E-state index in [9.17, 15) is 19.5 Å². The highest BCUT2D eigenvalue weighted by molar-refractivity contribution is 6.11. The van der Waals surface area contributed by atoms with Crippen LogP contribution in [0.1, 0.15) is 30.5 Å². The molecule has 4 atom stereocenters. The molecule has 10 heteroatoms. The Morgan fingerprint density at radius 2 is 1.53 bits per heavy atom. The van der Waals surface area contributed by atoms with Gasteiger partial charge in [-0.2, -0.15) is 5.10 Å². The van der Waals surface area contributed by atoms with Crippen molar-refractivity contribution < 1.29 is 29.0 Å². The number of aliphatic hydroxyl groups is 1. The van der Waals surface area contributed by atoms with Crippen molar-refractivity contribution in [1.82, 2.24) is 9.78 Å². The molecule has 1 heterocycles. The van der Waals surface area contributed by atoms with Crippen molar-refractivity contribution in [3.63, 3.8) is 0 Å². The van der Waals surface area contributed by atoms with E-state index in [2.05, 4.69) is 15.7 Å². The lowest BCUT2D eigenvalue weighted by atomic mass is 9.61. The van der Waals surface area contributed by atoms with Gasteiger partial charge < -0.3 is 25.2 Å². The van der Waals surface area contributed by atoms with Crippen LogP contribution in [-0.2, 0) is 21.4 Å². The van der Waals surface area contributed by atoms with Crippen molar-refractivity contribution in [3.8, 4) is 11.5 Å². The van der Waals surface area contributed by atoms with E-state index in [1.165, 1.54) is 21.1 Å². The lowest BCUT2D eigenvalue weighted by molar-refractivity contribution is -0.150. The number of amides is 2. The maximum absolute atomic E-state index is 13.9. The monoisotopic (exact) mass is 520 g/mol. The molecule has 0 aliphatic heterocycles. The Hall–Kier alpha value is -4.18. The third kappa shape index (κ3) is 5.12. The number of carbonyl (C=O) groups is 3. The van der Waals surface area contributed by atoms with Crippen LogP contribution >= 0.6 is 0 Å². The molecule has 0 bridgehead atoms. The summed E-state index contributed by atoms with van der Waals surface area (Å²) in [6.07, 6.45) is 1.30. The number of Topliss-reactive ketones (excluding diaryl/α,β-unsaturated/α-hetero) is 1. The zero-order valence-electron chi connectivity index (χ0n) is 22.0. The van der Waals surface area contributed by atoms with E-state index < -0.39 is 41.0 Å². The molecule has 200 valence electrons. The van der Waals surface area contributed by atoms with Gasteiger partial charge in [-0.15, -0.1) is 0 Å². The Morgan fingerprint density at radius 1 is 1.00 bits per heavy atom. The number of hydrogen-bond acceptors (Lipinski definition) is 7. The molecule has 1 saturated carbocycles. The summed E-state index contributed by atoms with van der Waals surface area (Å²) in [6.45, 7) is 3.19. The molecule has 1 aliphatic carbocycles. The number of benzene rings is 2. The van der Waals surface area contributed by atoms with Gasteiger partial charge in [-0.05, 0) is 43.7 Å². The first-order valence-corrected chi connectivity index (χ1v) is 12.2. The second-order valence-electron chi connectivity index (χ2n) is 9.70. The van der Waals surface area contributed by atoms with Crippen LogP contribution in [0.2, 0.25) is 0 Å². The predicted octanol–water partition coefficient (Wildman–Crippen LogP) is 3.06. The molecule has 1 aliphatic rings. The summed E-state index contributed by atoms with van der Waals surface area (Å²) in [7, 11) is 4.68. The second-order valence-corrected chi connectivity index (χ2v) is 9.70. The molecular weight excluding hydrogens is 488 g/mol. The molecule has 3 aromatic rings. The summed E-state index contributed by atoms with van der Waals surface area (Å²) >= 11 is 0. The molecule has 4 rings (SSSR count). The van der Waals surface area contributed by atoms with Crippen LogP contribution in [0.5, 0.6) is 11.5 Å². The van der Waals surface area contributed by atoms with E-state index in [4.69, 9.17) is 9.47 Å². The van der Waals surface area contributed by atoms with Gasteiger partial charge in [-0.1, -0.05) is 24.3 Å². The number of anilines is 2. The number of hydrogen-bond donors (Lipinski definition) is 3. The predicted molar refractivity (Wildman–Crippen MR) is 141 cm³/mol. The molecule has 2 amide bonds. The van der Waals surface area contributed by atoms with Gasteiger partial charge in [0, 0.05) is 25.6 Å². The Morgan fingerprint density at radius 3 is 2.03 bits per heavy atom. The normalized spacial score (nSPS) is 23.0. The minimum absolute atomic E-state index is 0.378. The maximum Gasteiger partial charge on any atom is 0.235 e. The number of aromatic nitrogens is 2. The third-order valence-corrected chi connectivity index (χ3v) is 6.97. The zero-order valence-corrected chi connectivity index (χ0v) is 22.0. The molecule has 3 N–H and O–H groups in total. The van der Waals surface area contributed by atoms with E-state index in [1.807, 2.05) is 0 Å². The van der Waals surface area contributed by atoms with E-state index in [-0.39, 0.29) is 6.42 Å². The maximum atomic E-state index is 13.9. The van der Waals surface area contributed by atoms with Gasteiger partial charge in [-0.25, -0.2) is 0 Å². The van der Waals surface area contributed by atoms with Crippen LogP contribution in [0, 0.1) is 18.8 Å². The first-order chi connectivity index (χ1) is 18.1. The SMILES string of the molecule is COc1ccccc1NC(=O)[C@@H]1C(=O)C[C@@](C)(O)[C@H](C(=O)Nc2ccccc2OC)[C@H]1c1cn(C)nc1C. The van der Waals surface area contributed by atoms with Gasteiger partial charge in [-0.3, -0.25) is 19.1 Å². The summed E-state index contributed by atoms with van der Waals surface area (Å²) in [5.41, 5.74) is 0.137. The van der Waals surface area contributed by atoms with Gasteiger partial charge in [0.1, 0.15) is 23.2 Å². The number of nitrogens with one attached hydrogen (secondary N) is 2. The van der Waals surface area contributed by atoms with Crippen LogP contribution in [0.15, 0.2) is 54.7 Å². The highest BCUT2D eigenvalue weighted by Crippen LogP contribution is 2.47. The molecule has 0 saturated heterocycles. The van der Waals surface area contributed by atoms with Crippen molar-refractivity contribution >= 4 is 29.0 Å². The minimum atomic E-state index is -1.74. The molecule has 0 spiro atoms. The third-order valence-electron chi connectivity index (χ3n) is 6.97. The topological polar surface area (TPSA) is 132 Å². The van der Waals surface area contributed by atoms with E-state index in [0.29, 0.717) is 34.1 Å². The lowest BCUT2D eigenvalue weighted by Gasteiger charge is -2.44. The van der Waals surface area contributed by atoms with Gasteiger partial charge >= 0.3 is 0 Å². The molecule has 2 aromatic carbocycles. The molecular formula is C28H32N4O6. The van der Waals surface area contributed by atoms with Gasteiger partial charge in [0.2, 0.25) is 11.8 Å². The number of rotatable bonds is 7. The van der Waals surface area contributed by atoms with Crippen molar-refractivity contribution in [1.29, 1.82) is 0 Å². The summed E-state index contributed by atoms with van der Waals surface area (Å²) in [6, 6.07) is 13.7. The van der Waals surface area contributed by atoms with Crippen molar-refractivity contribution in [2.45, 2.75) is 31.8 Å². The Kier molecular flexibility index (Phi) is 7.54. The van der Waals surface area contributed by atoms with Crippen LogP contribution in [0.4, 0.5) is 11.4 Å². The number of ketones is 1. The van der Waals surface area contributed by atoms with Crippen LogP contribution < -0.4 is 20.1 Å². The molecule has 0 radical (unpaired) electrons. The smallest absolute Gasteiger partial charge is 0.235 e. The molecule has 38 heavy (non-hydrogen) atoms. The van der Waals surface area contributed by atoms with Gasteiger partial charge in [0.05, 0.1) is 42.8 Å². The van der Waals surface area contributed by atoms with Crippen molar-refractivity contribution in [2.75, 3.05) is 24.9 Å². The van der Waals surface area contributed by atoms with E-state index in [0.717, 1.165) is 0 Å². The van der Waals surface area contributed by atoms with Crippen molar-refractivity contribution in [2.24, 2.45) is 18.9 Å². The summed E-state index contributed by atoms with van der Waals surface area (Å²) in [5, 5.41) is 21.5. The molecule has 1 aromatic heterocycles. The van der Waals surface area contributed by atoms with E-state index in [1.54, 1.807) is 73.4 Å². The van der Waals surface area contributed by atoms with E-state index >= 15 is 0 Å². The number of methoxy groups -OCH3 is 2. The summed E-state index contributed by atoms with van der Waals surface area (Å²) in [5.74, 6) is -4.18. The number of para-hydroxylation sites is 4. The average molecular weight is 521 g/mol. The minimum Gasteiger partial charge on any atom is -0.495 e. The fourth-order valence-electron chi connectivity index (χ4n) is 5.33. The first kappa shape index (κ1) is 26.9. The van der Waals surface area contributed by atoms with Gasteiger partial charge in [0.15, 0.2) is 0 Å². The summed E-state index contributed by atoms with van der Waals surface area (Å²) in [4.78, 5) is 41.1. The molecule has 1 fully saturated rings. The highest BCUT2D eigenvalue weighted by atomic mass is 16.5. The number of aryl methyl sites for hydroxylation is 2. The Bertz CT molecular complexity index is 1360. The lowest BCUT2D eigenvalue weighted by Crippen LogP contribution is -2.56. The van der Waals surface area contributed by atoms with Crippen LogP contribution in [0.3, 0.4) is 0 Å². The first-order valence-electron chi connectivity index (χ1n) is 12.2. The number of nitrogens with zero attached hydrogens (tertiary/aromatic N) is 2. The molecule has 10 nitrogen and oxygen atoms in total. The highest BCUT2D eigenvalue weighted by Gasteiger charge is 2.56. The molecule has 0 unspecified atom stereocenters. The quantitative estimate of drug-likeness (QED) is 0.408. The van der Waals surface area contributed by atoms with Crippen molar-refractivity contribution in [3.05, 3.63) is 66.0 Å². The fourth-order valence-corrected chi connectivity index (χ4v) is 5.33. The number of carbonyl (C=O) groups excluding carboxylic acids is 3. The summed E-state index contributed by atoms with van der Waals surface area (Å²) < 4.78 is 12.3. The number of ether oxygens (including phenoxy) is 2. The second kappa shape index (κ2) is 10.7.